The molecule has 0 heterocycles. The third kappa shape index (κ3) is 4.45. The van der Waals surface area contributed by atoms with Crippen LogP contribution in [0.4, 0.5) is 0 Å². The number of hydrogen-bond acceptors (Lipinski definition) is 2. The number of rotatable bonds is 7. The quantitative estimate of drug-likeness (QED) is 0.671. The number of hydrogen-bond donors (Lipinski definition) is 2. The lowest BCUT2D eigenvalue weighted by Crippen LogP contribution is -2.23. The molecule has 0 aromatic heterocycles. The highest BCUT2D eigenvalue weighted by molar-refractivity contribution is 5.19. The Balaban J connectivity index is 2.36. The van der Waals surface area contributed by atoms with Gasteiger partial charge in [0.15, 0.2) is 0 Å². The van der Waals surface area contributed by atoms with Gasteiger partial charge < -0.3 is 10.4 Å². The minimum absolute atomic E-state index is 0.273. The Morgan fingerprint density at radius 2 is 2.00 bits per heavy atom. The van der Waals surface area contributed by atoms with E-state index in [4.69, 9.17) is 5.11 Å². The lowest BCUT2D eigenvalue weighted by Gasteiger charge is -2.15. The molecule has 1 unspecified atom stereocenters. The van der Waals surface area contributed by atoms with E-state index in [2.05, 4.69) is 42.6 Å². The summed E-state index contributed by atoms with van der Waals surface area (Å²) in [5, 5.41) is 12.0. The Morgan fingerprint density at radius 1 is 1.27 bits per heavy atom. The van der Waals surface area contributed by atoms with E-state index in [0.717, 1.165) is 25.9 Å². The highest BCUT2D eigenvalue weighted by Crippen LogP contribution is 2.17. The van der Waals surface area contributed by atoms with Gasteiger partial charge >= 0.3 is 0 Å². The molecule has 84 valence electrons. The van der Waals surface area contributed by atoms with Crippen molar-refractivity contribution in [2.24, 2.45) is 0 Å². The molecule has 0 radical (unpaired) electrons. The van der Waals surface area contributed by atoms with Crippen LogP contribution < -0.4 is 5.32 Å². The first-order valence-electron chi connectivity index (χ1n) is 5.75. The average molecular weight is 207 g/mol. The predicted molar refractivity (Wildman–Crippen MR) is 64.0 cm³/mol. The molecule has 0 fully saturated rings. The monoisotopic (exact) mass is 207 g/mol. The van der Waals surface area contributed by atoms with Crippen LogP contribution in [0.1, 0.15) is 31.2 Å². The van der Waals surface area contributed by atoms with E-state index in [1.807, 2.05) is 0 Å². The van der Waals surface area contributed by atoms with Crippen molar-refractivity contribution in [2.45, 2.75) is 25.7 Å². The topological polar surface area (TPSA) is 32.3 Å². The molecule has 2 N–H and O–H groups in total. The molecule has 1 atom stereocenters. The van der Waals surface area contributed by atoms with Gasteiger partial charge in [-0.15, -0.1) is 0 Å². The van der Waals surface area contributed by atoms with E-state index >= 15 is 0 Å². The average Bonchev–Trinajstić information content (AvgIpc) is 2.30. The van der Waals surface area contributed by atoms with E-state index in [0.29, 0.717) is 5.92 Å². The van der Waals surface area contributed by atoms with Crippen LogP contribution in [-0.4, -0.2) is 24.8 Å². The van der Waals surface area contributed by atoms with Gasteiger partial charge in [0, 0.05) is 13.2 Å². The van der Waals surface area contributed by atoms with Gasteiger partial charge in [0.05, 0.1) is 0 Å². The lowest BCUT2D eigenvalue weighted by molar-refractivity contribution is 0.285. The summed E-state index contributed by atoms with van der Waals surface area (Å²) in [6.07, 6.45) is 1.99. The number of aliphatic hydroxyl groups excluding tert-OH is 1. The zero-order valence-corrected chi connectivity index (χ0v) is 9.45. The van der Waals surface area contributed by atoms with Crippen LogP contribution in [0.2, 0.25) is 0 Å². The molecule has 0 amide bonds. The van der Waals surface area contributed by atoms with Crippen molar-refractivity contribution in [1.82, 2.24) is 5.32 Å². The summed E-state index contributed by atoms with van der Waals surface area (Å²) in [6, 6.07) is 10.6. The van der Waals surface area contributed by atoms with Crippen molar-refractivity contribution >= 4 is 0 Å². The zero-order chi connectivity index (χ0) is 10.9. The number of benzene rings is 1. The molecule has 1 aromatic carbocycles. The summed E-state index contributed by atoms with van der Waals surface area (Å²) in [5.41, 5.74) is 1.40. The van der Waals surface area contributed by atoms with Gasteiger partial charge in [0.2, 0.25) is 0 Å². The summed E-state index contributed by atoms with van der Waals surface area (Å²) in [7, 11) is 0. The molecule has 0 bridgehead atoms. The maximum absolute atomic E-state index is 8.67. The third-order valence-electron chi connectivity index (χ3n) is 2.67. The maximum Gasteiger partial charge on any atom is 0.0443 e. The molecular weight excluding hydrogens is 186 g/mol. The Bertz CT molecular complexity index is 248. The van der Waals surface area contributed by atoms with Gasteiger partial charge in [0.1, 0.15) is 0 Å². The number of aliphatic hydroxyl groups is 1. The largest absolute Gasteiger partial charge is 0.396 e. The minimum atomic E-state index is 0.273. The first-order chi connectivity index (χ1) is 7.38. The standard InChI is InChI=1S/C13H21NO/c1-2-12(11-14-9-6-10-15)13-7-4-3-5-8-13/h3-5,7-8,12,14-15H,2,6,9-11H2,1H3. The van der Waals surface area contributed by atoms with Gasteiger partial charge in [-0.05, 0) is 30.9 Å². The summed E-state index contributed by atoms with van der Waals surface area (Å²) in [5.74, 6) is 0.588. The van der Waals surface area contributed by atoms with Gasteiger partial charge in [0.25, 0.3) is 0 Å². The maximum atomic E-state index is 8.67. The van der Waals surface area contributed by atoms with Gasteiger partial charge in [-0.3, -0.25) is 0 Å². The van der Waals surface area contributed by atoms with Crippen LogP contribution in [0.25, 0.3) is 0 Å². The molecule has 0 aliphatic heterocycles. The smallest absolute Gasteiger partial charge is 0.0443 e. The molecular formula is C13H21NO. The first-order valence-corrected chi connectivity index (χ1v) is 5.75. The molecule has 2 nitrogen and oxygen atoms in total. The van der Waals surface area contributed by atoms with E-state index in [1.165, 1.54) is 5.56 Å². The predicted octanol–water partition coefficient (Wildman–Crippen LogP) is 2.15. The number of nitrogens with one attached hydrogen (secondary N) is 1. The van der Waals surface area contributed by atoms with Crippen molar-refractivity contribution in [3.05, 3.63) is 35.9 Å². The molecule has 0 aliphatic carbocycles. The van der Waals surface area contributed by atoms with Crippen LogP contribution in [0, 0.1) is 0 Å². The second kappa shape index (κ2) is 7.43. The fourth-order valence-electron chi connectivity index (χ4n) is 1.70. The molecule has 0 aliphatic rings. The Morgan fingerprint density at radius 3 is 2.60 bits per heavy atom. The van der Waals surface area contributed by atoms with Crippen molar-refractivity contribution in [3.8, 4) is 0 Å². The van der Waals surface area contributed by atoms with E-state index in [9.17, 15) is 0 Å². The van der Waals surface area contributed by atoms with E-state index in [-0.39, 0.29) is 6.61 Å². The highest BCUT2D eigenvalue weighted by atomic mass is 16.3. The summed E-state index contributed by atoms with van der Waals surface area (Å²) in [4.78, 5) is 0. The van der Waals surface area contributed by atoms with Crippen molar-refractivity contribution < 1.29 is 5.11 Å². The van der Waals surface area contributed by atoms with Crippen molar-refractivity contribution in [2.75, 3.05) is 19.7 Å². The normalized spacial score (nSPS) is 12.7. The zero-order valence-electron chi connectivity index (χ0n) is 9.45. The van der Waals surface area contributed by atoms with E-state index < -0.39 is 0 Å². The first kappa shape index (κ1) is 12.2. The van der Waals surface area contributed by atoms with Gasteiger partial charge in [-0.25, -0.2) is 0 Å². The molecule has 15 heavy (non-hydrogen) atoms. The van der Waals surface area contributed by atoms with Crippen LogP contribution in [-0.2, 0) is 0 Å². The van der Waals surface area contributed by atoms with Gasteiger partial charge in [-0.1, -0.05) is 37.3 Å². The summed E-state index contributed by atoms with van der Waals surface area (Å²) < 4.78 is 0. The van der Waals surface area contributed by atoms with Crippen LogP contribution in [0.5, 0.6) is 0 Å². The van der Waals surface area contributed by atoms with Gasteiger partial charge in [-0.2, -0.15) is 0 Å². The van der Waals surface area contributed by atoms with Crippen molar-refractivity contribution in [1.29, 1.82) is 0 Å². The van der Waals surface area contributed by atoms with Crippen LogP contribution >= 0.6 is 0 Å². The summed E-state index contributed by atoms with van der Waals surface area (Å²) >= 11 is 0. The molecule has 2 heteroatoms. The SMILES string of the molecule is CCC(CNCCCO)c1ccccc1. The highest BCUT2D eigenvalue weighted by Gasteiger charge is 2.07. The van der Waals surface area contributed by atoms with E-state index in [1.54, 1.807) is 0 Å². The Hall–Kier alpha value is -0.860. The minimum Gasteiger partial charge on any atom is -0.396 e. The Labute approximate surface area is 92.3 Å². The Kier molecular flexibility index (Phi) is 6.05. The van der Waals surface area contributed by atoms with Crippen LogP contribution in [0.15, 0.2) is 30.3 Å². The summed E-state index contributed by atoms with van der Waals surface area (Å²) in [6.45, 7) is 4.39. The molecule has 1 rings (SSSR count). The van der Waals surface area contributed by atoms with Crippen molar-refractivity contribution in [3.63, 3.8) is 0 Å². The second-order valence-electron chi connectivity index (χ2n) is 3.80. The fraction of sp³-hybridized carbons (Fsp3) is 0.538. The lowest BCUT2D eigenvalue weighted by atomic mass is 9.96. The second-order valence-corrected chi connectivity index (χ2v) is 3.80. The molecule has 0 saturated carbocycles. The molecule has 0 spiro atoms. The van der Waals surface area contributed by atoms with Crippen LogP contribution in [0.3, 0.4) is 0 Å². The molecule has 0 saturated heterocycles. The third-order valence-corrected chi connectivity index (χ3v) is 2.67. The molecule has 1 aromatic rings. The fourth-order valence-corrected chi connectivity index (χ4v) is 1.70.